The lowest BCUT2D eigenvalue weighted by atomic mass is 10.0. The van der Waals surface area contributed by atoms with Gasteiger partial charge >= 0.3 is 0 Å². The fourth-order valence-electron chi connectivity index (χ4n) is 2.36. The standard InChI is InChI=1S/C15H22FNOS/c1-11(17-10-12-5-7-19-8-6-12)13-3-4-15(18-2)14(16)9-13/h3-4,9,11-12,17H,5-8,10H2,1-2H3. The summed E-state index contributed by atoms with van der Waals surface area (Å²) in [6.07, 6.45) is 2.59. The molecule has 106 valence electrons. The highest BCUT2D eigenvalue weighted by molar-refractivity contribution is 7.99. The van der Waals surface area contributed by atoms with Crippen molar-refractivity contribution in [1.82, 2.24) is 5.32 Å². The molecule has 1 fully saturated rings. The molecule has 1 aliphatic rings. The zero-order valence-electron chi connectivity index (χ0n) is 11.6. The molecule has 2 rings (SSSR count). The van der Waals surface area contributed by atoms with Gasteiger partial charge in [-0.1, -0.05) is 6.07 Å². The molecule has 1 unspecified atom stereocenters. The van der Waals surface area contributed by atoms with E-state index in [9.17, 15) is 4.39 Å². The summed E-state index contributed by atoms with van der Waals surface area (Å²) in [5.41, 5.74) is 0.975. The van der Waals surface area contributed by atoms with E-state index < -0.39 is 0 Å². The molecule has 1 N–H and O–H groups in total. The molecule has 1 aliphatic heterocycles. The van der Waals surface area contributed by atoms with Crippen molar-refractivity contribution in [2.45, 2.75) is 25.8 Å². The maximum Gasteiger partial charge on any atom is 0.165 e. The molecule has 0 radical (unpaired) electrons. The van der Waals surface area contributed by atoms with Crippen LogP contribution in [0.2, 0.25) is 0 Å². The molecule has 19 heavy (non-hydrogen) atoms. The average Bonchev–Trinajstić information content (AvgIpc) is 2.45. The fourth-order valence-corrected chi connectivity index (χ4v) is 3.57. The number of rotatable bonds is 5. The number of methoxy groups -OCH3 is 1. The molecule has 0 amide bonds. The summed E-state index contributed by atoms with van der Waals surface area (Å²) in [5, 5.41) is 3.52. The van der Waals surface area contributed by atoms with Crippen LogP contribution < -0.4 is 10.1 Å². The van der Waals surface area contributed by atoms with E-state index in [2.05, 4.69) is 12.2 Å². The van der Waals surface area contributed by atoms with Gasteiger partial charge < -0.3 is 10.1 Å². The summed E-state index contributed by atoms with van der Waals surface area (Å²) >= 11 is 2.04. The van der Waals surface area contributed by atoms with E-state index in [1.807, 2.05) is 17.8 Å². The van der Waals surface area contributed by atoms with Gasteiger partial charge in [0.1, 0.15) is 0 Å². The number of nitrogens with one attached hydrogen (secondary N) is 1. The summed E-state index contributed by atoms with van der Waals surface area (Å²) < 4.78 is 18.6. The molecule has 0 saturated carbocycles. The second kappa shape index (κ2) is 7.15. The summed E-state index contributed by atoms with van der Waals surface area (Å²) in [5.74, 6) is 3.34. The maximum atomic E-state index is 13.7. The van der Waals surface area contributed by atoms with E-state index in [-0.39, 0.29) is 11.9 Å². The van der Waals surface area contributed by atoms with Gasteiger partial charge in [-0.25, -0.2) is 4.39 Å². The van der Waals surface area contributed by atoms with Crippen LogP contribution in [0.15, 0.2) is 18.2 Å². The molecule has 0 spiro atoms. The monoisotopic (exact) mass is 283 g/mol. The van der Waals surface area contributed by atoms with Gasteiger partial charge in [0.25, 0.3) is 0 Å². The molecule has 1 aromatic carbocycles. The predicted octanol–water partition coefficient (Wildman–Crippen LogP) is 3.63. The van der Waals surface area contributed by atoms with Gasteiger partial charge in [-0.3, -0.25) is 0 Å². The van der Waals surface area contributed by atoms with Crippen molar-refractivity contribution in [2.75, 3.05) is 25.2 Å². The smallest absolute Gasteiger partial charge is 0.165 e. The van der Waals surface area contributed by atoms with Crippen LogP contribution in [0.25, 0.3) is 0 Å². The van der Waals surface area contributed by atoms with E-state index in [4.69, 9.17) is 4.74 Å². The van der Waals surface area contributed by atoms with E-state index in [1.165, 1.54) is 31.5 Å². The lowest BCUT2D eigenvalue weighted by molar-refractivity contribution is 0.384. The Morgan fingerprint density at radius 2 is 2.16 bits per heavy atom. The Morgan fingerprint density at radius 1 is 1.42 bits per heavy atom. The predicted molar refractivity (Wildman–Crippen MR) is 79.4 cm³/mol. The van der Waals surface area contributed by atoms with Gasteiger partial charge in [-0.05, 0) is 61.4 Å². The quantitative estimate of drug-likeness (QED) is 0.891. The first kappa shape index (κ1) is 14.7. The van der Waals surface area contributed by atoms with E-state index in [1.54, 1.807) is 12.1 Å². The number of halogens is 1. The van der Waals surface area contributed by atoms with Crippen LogP contribution in [0.5, 0.6) is 5.75 Å². The third-order valence-electron chi connectivity index (χ3n) is 3.73. The van der Waals surface area contributed by atoms with Gasteiger partial charge in [0.2, 0.25) is 0 Å². The van der Waals surface area contributed by atoms with Crippen LogP contribution in [0, 0.1) is 11.7 Å². The van der Waals surface area contributed by atoms with Gasteiger partial charge in [0.15, 0.2) is 11.6 Å². The van der Waals surface area contributed by atoms with Crippen molar-refractivity contribution in [2.24, 2.45) is 5.92 Å². The van der Waals surface area contributed by atoms with Crippen LogP contribution in [-0.4, -0.2) is 25.2 Å². The van der Waals surface area contributed by atoms with Gasteiger partial charge in [0, 0.05) is 6.04 Å². The van der Waals surface area contributed by atoms with Crippen molar-refractivity contribution in [3.05, 3.63) is 29.6 Å². The second-order valence-corrected chi connectivity index (χ2v) is 6.30. The minimum Gasteiger partial charge on any atom is -0.494 e. The molecule has 1 heterocycles. The molecular formula is C15H22FNOS. The molecule has 2 nitrogen and oxygen atoms in total. The minimum absolute atomic E-state index is 0.176. The van der Waals surface area contributed by atoms with Crippen molar-refractivity contribution in [3.63, 3.8) is 0 Å². The maximum absolute atomic E-state index is 13.7. The highest BCUT2D eigenvalue weighted by Gasteiger charge is 2.15. The van der Waals surface area contributed by atoms with E-state index >= 15 is 0 Å². The summed E-state index contributed by atoms with van der Waals surface area (Å²) in [7, 11) is 1.49. The van der Waals surface area contributed by atoms with Crippen molar-refractivity contribution in [3.8, 4) is 5.75 Å². The van der Waals surface area contributed by atoms with E-state index in [0.717, 1.165) is 18.0 Å². The van der Waals surface area contributed by atoms with Crippen LogP contribution >= 0.6 is 11.8 Å². The molecule has 4 heteroatoms. The Morgan fingerprint density at radius 3 is 2.79 bits per heavy atom. The van der Waals surface area contributed by atoms with Crippen LogP contribution in [0.1, 0.15) is 31.4 Å². The molecule has 1 aromatic rings. The summed E-state index contributed by atoms with van der Waals surface area (Å²) in [6.45, 7) is 3.11. The van der Waals surface area contributed by atoms with Gasteiger partial charge in [-0.15, -0.1) is 0 Å². The van der Waals surface area contributed by atoms with Crippen molar-refractivity contribution >= 4 is 11.8 Å². The van der Waals surface area contributed by atoms with Gasteiger partial charge in [0.05, 0.1) is 7.11 Å². The molecular weight excluding hydrogens is 261 g/mol. The molecule has 1 atom stereocenters. The highest BCUT2D eigenvalue weighted by Crippen LogP contribution is 2.24. The topological polar surface area (TPSA) is 21.3 Å². The molecule has 0 aromatic heterocycles. The Balaban J connectivity index is 1.88. The molecule has 0 aliphatic carbocycles. The normalized spacial score (nSPS) is 18.3. The Bertz CT molecular complexity index is 407. The third-order valence-corrected chi connectivity index (χ3v) is 4.78. The first-order valence-corrected chi connectivity index (χ1v) is 8.00. The van der Waals surface area contributed by atoms with Gasteiger partial charge in [-0.2, -0.15) is 11.8 Å². The Kier molecular flexibility index (Phi) is 5.52. The number of benzene rings is 1. The first-order valence-electron chi connectivity index (χ1n) is 6.85. The number of ether oxygens (including phenoxy) is 1. The lowest BCUT2D eigenvalue weighted by Gasteiger charge is -2.24. The second-order valence-electron chi connectivity index (χ2n) is 5.08. The summed E-state index contributed by atoms with van der Waals surface area (Å²) in [4.78, 5) is 0. The third kappa shape index (κ3) is 4.11. The highest BCUT2D eigenvalue weighted by atomic mass is 32.2. The zero-order valence-corrected chi connectivity index (χ0v) is 12.4. The molecule has 0 bridgehead atoms. The fraction of sp³-hybridized carbons (Fsp3) is 0.600. The van der Waals surface area contributed by atoms with E-state index in [0.29, 0.717) is 5.75 Å². The average molecular weight is 283 g/mol. The van der Waals surface area contributed by atoms with Crippen LogP contribution in [0.3, 0.4) is 0 Å². The first-order chi connectivity index (χ1) is 9.20. The largest absolute Gasteiger partial charge is 0.494 e. The van der Waals surface area contributed by atoms with Crippen molar-refractivity contribution in [1.29, 1.82) is 0 Å². The zero-order chi connectivity index (χ0) is 13.7. The van der Waals surface area contributed by atoms with Crippen LogP contribution in [-0.2, 0) is 0 Å². The lowest BCUT2D eigenvalue weighted by Crippen LogP contribution is -2.28. The van der Waals surface area contributed by atoms with Crippen LogP contribution in [0.4, 0.5) is 4.39 Å². The minimum atomic E-state index is -0.289. The number of thioether (sulfide) groups is 1. The Hall–Kier alpha value is -0.740. The SMILES string of the molecule is COc1ccc(C(C)NCC2CCSCC2)cc1F. The molecule has 1 saturated heterocycles. The number of hydrogen-bond acceptors (Lipinski definition) is 3. The summed E-state index contributed by atoms with van der Waals surface area (Å²) in [6, 6.07) is 5.36. The van der Waals surface area contributed by atoms with Crippen molar-refractivity contribution < 1.29 is 9.13 Å². The Labute approximate surface area is 119 Å². The number of hydrogen-bond donors (Lipinski definition) is 1.